The maximum atomic E-state index is 11.6. The lowest BCUT2D eigenvalue weighted by atomic mass is 9.84. The lowest BCUT2D eigenvalue weighted by Gasteiger charge is -2.25. The number of carbonyl (C=O) groups excluding carboxylic acids is 2. The number of hydrogen-bond acceptors (Lipinski definition) is 5. The Hall–Kier alpha value is -2.51. The first-order valence-corrected chi connectivity index (χ1v) is 11.8. The van der Waals surface area contributed by atoms with Crippen LogP contribution >= 0.6 is 15.9 Å². The van der Waals surface area contributed by atoms with Gasteiger partial charge < -0.3 is 14.0 Å². The highest BCUT2D eigenvalue weighted by atomic mass is 79.9. The first-order chi connectivity index (χ1) is 15.6. The van der Waals surface area contributed by atoms with Crippen LogP contribution in [0.3, 0.4) is 0 Å². The molecule has 0 aliphatic carbocycles. The van der Waals surface area contributed by atoms with E-state index >= 15 is 0 Å². The molecule has 176 valence electrons. The van der Waals surface area contributed by atoms with Gasteiger partial charge in [-0.05, 0) is 50.1 Å². The second-order valence-corrected chi connectivity index (χ2v) is 9.97. The van der Waals surface area contributed by atoms with Crippen LogP contribution in [-0.4, -0.2) is 35.5 Å². The Kier molecular flexibility index (Phi) is 7.75. The van der Waals surface area contributed by atoms with E-state index in [0.29, 0.717) is 18.6 Å². The highest BCUT2D eigenvalue weighted by Gasteiger charge is 2.29. The van der Waals surface area contributed by atoms with Crippen molar-refractivity contribution in [1.82, 2.24) is 9.55 Å². The number of aryl methyl sites for hydroxylation is 1. The molecular formula is C26H31BrN2O4. The molecule has 3 aromatic rings. The topological polar surface area (TPSA) is 70.4 Å². The van der Waals surface area contributed by atoms with Gasteiger partial charge in [-0.1, -0.05) is 29.8 Å². The van der Waals surface area contributed by atoms with Gasteiger partial charge in [-0.15, -0.1) is 0 Å². The van der Waals surface area contributed by atoms with E-state index in [0.717, 1.165) is 50.7 Å². The number of aromatic nitrogens is 2. The third-order valence-corrected chi connectivity index (χ3v) is 6.33. The zero-order chi connectivity index (χ0) is 24.3. The van der Waals surface area contributed by atoms with E-state index in [-0.39, 0.29) is 17.5 Å². The summed E-state index contributed by atoms with van der Waals surface area (Å²) in [6, 6.07) is 8.15. The summed E-state index contributed by atoms with van der Waals surface area (Å²) >= 11 is 3.62. The van der Waals surface area contributed by atoms with E-state index in [2.05, 4.69) is 58.4 Å². The standard InChI is InChI=1S/C26H31BrN2O4/c1-7-29-23-9-8-19(27)11-20(23)22(12-26(4,5)15-33-17(3)31)25(29)21-10-18(14-30)13-28-24(21)16(2)32-6/h8-11,13-14,16H,7,12,15H2,1-6H3/t16-/m0/s1. The number of hydrogen-bond donors (Lipinski definition) is 0. The highest BCUT2D eigenvalue weighted by molar-refractivity contribution is 9.10. The Morgan fingerprint density at radius 1 is 1.30 bits per heavy atom. The molecule has 1 atom stereocenters. The fourth-order valence-corrected chi connectivity index (χ4v) is 4.58. The van der Waals surface area contributed by atoms with E-state index in [1.54, 1.807) is 13.3 Å². The van der Waals surface area contributed by atoms with Crippen LogP contribution in [0.4, 0.5) is 0 Å². The van der Waals surface area contributed by atoms with Crippen LogP contribution in [0.2, 0.25) is 0 Å². The third-order valence-electron chi connectivity index (χ3n) is 5.84. The van der Waals surface area contributed by atoms with Crippen LogP contribution in [0.15, 0.2) is 34.9 Å². The second kappa shape index (κ2) is 10.2. The van der Waals surface area contributed by atoms with Gasteiger partial charge in [0.25, 0.3) is 0 Å². The van der Waals surface area contributed by atoms with Crippen molar-refractivity contribution in [3.05, 3.63) is 51.8 Å². The van der Waals surface area contributed by atoms with Gasteiger partial charge in [0, 0.05) is 58.7 Å². The molecule has 0 fully saturated rings. The number of carbonyl (C=O) groups is 2. The Bertz CT molecular complexity index is 1180. The van der Waals surface area contributed by atoms with Gasteiger partial charge in [-0.2, -0.15) is 0 Å². The summed E-state index contributed by atoms with van der Waals surface area (Å²) < 4.78 is 14.2. The van der Waals surface area contributed by atoms with Crippen LogP contribution in [0.5, 0.6) is 0 Å². The lowest BCUT2D eigenvalue weighted by molar-refractivity contribution is -0.143. The molecule has 3 rings (SSSR count). The van der Waals surface area contributed by atoms with Gasteiger partial charge >= 0.3 is 5.97 Å². The van der Waals surface area contributed by atoms with Gasteiger partial charge in [-0.25, -0.2) is 0 Å². The number of aldehydes is 1. The molecule has 0 amide bonds. The maximum Gasteiger partial charge on any atom is 0.302 e. The van der Waals surface area contributed by atoms with Gasteiger partial charge in [0.15, 0.2) is 6.29 Å². The van der Waals surface area contributed by atoms with Gasteiger partial charge in [0.2, 0.25) is 0 Å². The molecule has 2 heterocycles. The average molecular weight is 515 g/mol. The minimum atomic E-state index is -0.307. The molecule has 0 aliphatic rings. The van der Waals surface area contributed by atoms with Crippen LogP contribution in [0.1, 0.15) is 62.3 Å². The van der Waals surface area contributed by atoms with Crippen molar-refractivity contribution < 1.29 is 19.1 Å². The molecule has 0 saturated carbocycles. The molecule has 33 heavy (non-hydrogen) atoms. The minimum absolute atomic E-state index is 0.252. The predicted octanol–water partition coefficient (Wildman–Crippen LogP) is 6.14. The number of nitrogens with zero attached hydrogens (tertiary/aromatic N) is 2. The van der Waals surface area contributed by atoms with Crippen molar-refractivity contribution in [2.24, 2.45) is 5.41 Å². The van der Waals surface area contributed by atoms with Crippen LogP contribution in [-0.2, 0) is 27.2 Å². The Morgan fingerprint density at radius 3 is 2.64 bits per heavy atom. The first-order valence-electron chi connectivity index (χ1n) is 11.0. The van der Waals surface area contributed by atoms with Crippen molar-refractivity contribution in [2.45, 2.75) is 53.7 Å². The SMILES string of the molecule is CCn1c(-c2cc(C=O)cnc2[C@H](C)OC)c(CC(C)(C)COC(C)=O)c2cc(Br)ccc21. The van der Waals surface area contributed by atoms with Gasteiger partial charge in [-0.3, -0.25) is 14.6 Å². The highest BCUT2D eigenvalue weighted by Crippen LogP contribution is 2.41. The van der Waals surface area contributed by atoms with E-state index in [9.17, 15) is 9.59 Å². The smallest absolute Gasteiger partial charge is 0.302 e. The molecule has 2 aromatic heterocycles. The third kappa shape index (κ3) is 5.36. The molecule has 7 heteroatoms. The fourth-order valence-electron chi connectivity index (χ4n) is 4.22. The number of methoxy groups -OCH3 is 1. The van der Waals surface area contributed by atoms with E-state index in [1.807, 2.05) is 19.1 Å². The Labute approximate surface area is 203 Å². The summed E-state index contributed by atoms with van der Waals surface area (Å²) in [5.41, 5.74) is 5.09. The Balaban J connectivity index is 2.35. The summed E-state index contributed by atoms with van der Waals surface area (Å²) in [6.45, 7) is 10.7. The number of pyridine rings is 1. The molecule has 0 N–H and O–H groups in total. The summed E-state index contributed by atoms with van der Waals surface area (Å²) in [6.07, 6.45) is 2.82. The monoisotopic (exact) mass is 514 g/mol. The molecule has 0 bridgehead atoms. The Morgan fingerprint density at radius 2 is 2.03 bits per heavy atom. The molecule has 0 unspecified atom stereocenters. The second-order valence-electron chi connectivity index (χ2n) is 9.05. The van der Waals surface area contributed by atoms with Crippen LogP contribution < -0.4 is 0 Å². The van der Waals surface area contributed by atoms with Crippen molar-refractivity contribution in [3.8, 4) is 11.3 Å². The van der Waals surface area contributed by atoms with Crippen molar-refractivity contribution in [2.75, 3.05) is 13.7 Å². The number of halogens is 1. The molecule has 0 radical (unpaired) electrons. The zero-order valence-corrected chi connectivity index (χ0v) is 21.7. The average Bonchev–Trinajstić information content (AvgIpc) is 3.08. The molecule has 0 spiro atoms. The quantitative estimate of drug-likeness (QED) is 0.253. The van der Waals surface area contributed by atoms with Gasteiger partial charge in [0.1, 0.15) is 0 Å². The van der Waals surface area contributed by atoms with Crippen molar-refractivity contribution in [3.63, 3.8) is 0 Å². The summed E-state index contributed by atoms with van der Waals surface area (Å²) in [7, 11) is 1.65. The molecular weight excluding hydrogens is 484 g/mol. The number of rotatable bonds is 9. The number of esters is 1. The lowest BCUT2D eigenvalue weighted by Crippen LogP contribution is -2.24. The zero-order valence-electron chi connectivity index (χ0n) is 20.1. The molecule has 6 nitrogen and oxygen atoms in total. The van der Waals surface area contributed by atoms with E-state index in [1.165, 1.54) is 6.92 Å². The minimum Gasteiger partial charge on any atom is -0.465 e. The van der Waals surface area contributed by atoms with E-state index < -0.39 is 0 Å². The molecule has 1 aromatic carbocycles. The van der Waals surface area contributed by atoms with Crippen LogP contribution in [0.25, 0.3) is 22.2 Å². The summed E-state index contributed by atoms with van der Waals surface area (Å²) in [5, 5.41) is 1.12. The summed E-state index contributed by atoms with van der Waals surface area (Å²) in [4.78, 5) is 27.7. The predicted molar refractivity (Wildman–Crippen MR) is 133 cm³/mol. The molecule has 0 aliphatic heterocycles. The fraction of sp³-hybridized carbons (Fsp3) is 0.423. The largest absolute Gasteiger partial charge is 0.465 e. The van der Waals surface area contributed by atoms with Gasteiger partial charge in [0.05, 0.1) is 24.1 Å². The molecule has 0 saturated heterocycles. The number of ether oxygens (including phenoxy) is 2. The van der Waals surface area contributed by atoms with Crippen molar-refractivity contribution >= 4 is 39.1 Å². The maximum absolute atomic E-state index is 11.6. The van der Waals surface area contributed by atoms with Crippen molar-refractivity contribution in [1.29, 1.82) is 0 Å². The number of fused-ring (bicyclic) bond motifs is 1. The van der Waals surface area contributed by atoms with Crippen LogP contribution in [0, 0.1) is 5.41 Å². The first kappa shape index (κ1) is 25.1. The normalized spacial score (nSPS) is 12.7. The van der Waals surface area contributed by atoms with E-state index in [4.69, 9.17) is 9.47 Å². The summed E-state index contributed by atoms with van der Waals surface area (Å²) in [5.74, 6) is -0.291. The number of benzene rings is 1.